The number of rotatable bonds is 6. The zero-order chi connectivity index (χ0) is 32.2. The van der Waals surface area contributed by atoms with Crippen molar-refractivity contribution in [3.8, 4) is 0 Å². The largest absolute Gasteiger partial charge is 0.469 e. The average Bonchev–Trinajstić information content (AvgIpc) is 3.69. The highest BCUT2D eigenvalue weighted by Gasteiger charge is 2.44. The maximum atomic E-state index is 14.0. The number of nitrogens with zero attached hydrogens (tertiary/aromatic N) is 2. The van der Waals surface area contributed by atoms with Crippen LogP contribution in [0.1, 0.15) is 74.1 Å². The minimum Gasteiger partial charge on any atom is -0.469 e. The molecule has 2 fully saturated rings. The van der Waals surface area contributed by atoms with Gasteiger partial charge in [0.05, 0.1) is 25.1 Å². The Hall–Kier alpha value is -4.07. The number of aliphatic hydroxyl groups excluding tert-OH is 1. The van der Waals surface area contributed by atoms with E-state index in [1.165, 1.54) is 55.5 Å². The second-order valence-electron chi connectivity index (χ2n) is 13.9. The van der Waals surface area contributed by atoms with Crippen LogP contribution in [0.3, 0.4) is 0 Å². The predicted molar refractivity (Wildman–Crippen MR) is 188 cm³/mol. The van der Waals surface area contributed by atoms with Crippen molar-refractivity contribution in [1.82, 2.24) is 19.8 Å². The Bertz CT molecular complexity index is 1930. The van der Waals surface area contributed by atoms with Crippen LogP contribution < -0.4 is 0 Å². The first-order chi connectivity index (χ1) is 23.0. The SMILES string of the molecule is CC=C1CN2C=C(CC(C(=O)OC)C3CC4c5[nH]c6ccccc6c5CCN4CC3=CC)c3c([nH]c4ccccc34)C2CC1CCO. The molecule has 7 nitrogen and oxygen atoms in total. The van der Waals surface area contributed by atoms with E-state index in [0.29, 0.717) is 12.3 Å². The number of benzene rings is 2. The van der Waals surface area contributed by atoms with Crippen LogP contribution in [0.15, 0.2) is 78.0 Å². The molecule has 47 heavy (non-hydrogen) atoms. The maximum absolute atomic E-state index is 14.0. The number of aromatic amines is 2. The quantitative estimate of drug-likeness (QED) is 0.152. The average molecular weight is 631 g/mol. The van der Waals surface area contributed by atoms with Crippen molar-refractivity contribution in [2.75, 3.05) is 33.4 Å². The molecule has 0 radical (unpaired) electrons. The molecule has 4 aliphatic heterocycles. The fourth-order valence-electron chi connectivity index (χ4n) is 9.46. The molecule has 0 amide bonds. The molecule has 244 valence electrons. The van der Waals surface area contributed by atoms with Crippen LogP contribution >= 0.6 is 0 Å². The standard InChI is InChI=1S/C40H46N4O3/c1-4-24-21-44-23-27(37-30-11-7-9-13-34(30)42-39(37)35(44)19-26(24)15-17-45)18-32(40(46)47-3)31-20-36-38-29(14-16-43(36)22-25(31)5-2)28-10-6-8-12-33(28)41-38/h4-13,23,26,31-32,35-36,41-42,45H,14-22H2,1-3H3. The predicted octanol–water partition coefficient (Wildman–Crippen LogP) is 7.44. The molecule has 2 saturated heterocycles. The Kier molecular flexibility index (Phi) is 7.85. The van der Waals surface area contributed by atoms with Gasteiger partial charge in [-0.3, -0.25) is 9.69 Å². The molecular formula is C40H46N4O3. The third-order valence-corrected chi connectivity index (χ3v) is 11.8. The van der Waals surface area contributed by atoms with Crippen LogP contribution in [0.2, 0.25) is 0 Å². The summed E-state index contributed by atoms with van der Waals surface area (Å²) in [5.74, 6) is -0.00769. The van der Waals surface area contributed by atoms with E-state index in [1.54, 1.807) is 7.11 Å². The molecule has 3 N–H and O–H groups in total. The van der Waals surface area contributed by atoms with E-state index in [-0.39, 0.29) is 36.5 Å². The van der Waals surface area contributed by atoms with Gasteiger partial charge in [-0.2, -0.15) is 0 Å². The maximum Gasteiger partial charge on any atom is 0.309 e. The van der Waals surface area contributed by atoms with Gasteiger partial charge in [0.15, 0.2) is 0 Å². The van der Waals surface area contributed by atoms with E-state index in [2.05, 4.69) is 100 Å². The van der Waals surface area contributed by atoms with Gasteiger partial charge in [-0.1, -0.05) is 59.7 Å². The zero-order valence-corrected chi connectivity index (χ0v) is 27.8. The van der Waals surface area contributed by atoms with Crippen molar-refractivity contribution in [3.05, 3.63) is 101 Å². The molecule has 6 heterocycles. The lowest BCUT2D eigenvalue weighted by Crippen LogP contribution is -2.45. The van der Waals surface area contributed by atoms with E-state index in [0.717, 1.165) is 50.8 Å². The topological polar surface area (TPSA) is 84.6 Å². The van der Waals surface area contributed by atoms with Crippen LogP contribution in [0, 0.1) is 17.8 Å². The number of esters is 1. The zero-order valence-electron chi connectivity index (χ0n) is 27.8. The van der Waals surface area contributed by atoms with E-state index >= 15 is 0 Å². The number of allylic oxidation sites excluding steroid dienone is 3. The lowest BCUT2D eigenvalue weighted by atomic mass is 9.72. The number of para-hydroxylation sites is 2. The first-order valence-corrected chi connectivity index (χ1v) is 17.4. The van der Waals surface area contributed by atoms with E-state index in [9.17, 15) is 9.90 Å². The molecule has 5 atom stereocenters. The minimum absolute atomic E-state index is 0.0692. The van der Waals surface area contributed by atoms with E-state index in [1.807, 2.05) is 0 Å². The minimum atomic E-state index is -0.305. The summed E-state index contributed by atoms with van der Waals surface area (Å²) >= 11 is 0. The number of H-pyrrole nitrogens is 2. The van der Waals surface area contributed by atoms with Gasteiger partial charge in [-0.05, 0) is 81.1 Å². The van der Waals surface area contributed by atoms with Gasteiger partial charge in [-0.15, -0.1) is 0 Å². The van der Waals surface area contributed by atoms with E-state index in [4.69, 9.17) is 4.74 Å². The van der Waals surface area contributed by atoms with Crippen LogP contribution in [0.25, 0.3) is 27.4 Å². The fourth-order valence-corrected chi connectivity index (χ4v) is 9.46. The molecule has 4 aliphatic rings. The molecule has 5 unspecified atom stereocenters. The smallest absolute Gasteiger partial charge is 0.309 e. The van der Waals surface area contributed by atoms with Gasteiger partial charge in [0.2, 0.25) is 0 Å². The van der Waals surface area contributed by atoms with Crippen LogP contribution in [0.5, 0.6) is 0 Å². The normalized spacial score (nSPS) is 26.6. The number of carbonyl (C=O) groups is 1. The molecule has 2 aromatic heterocycles. The highest BCUT2D eigenvalue weighted by Crippen LogP contribution is 2.51. The van der Waals surface area contributed by atoms with Gasteiger partial charge < -0.3 is 24.7 Å². The number of hydrogen-bond donors (Lipinski definition) is 3. The first-order valence-electron chi connectivity index (χ1n) is 17.4. The molecule has 0 saturated carbocycles. The van der Waals surface area contributed by atoms with Crippen molar-refractivity contribution < 1.29 is 14.6 Å². The summed E-state index contributed by atoms with van der Waals surface area (Å²) in [5, 5.41) is 12.4. The number of methoxy groups -OCH3 is 1. The third-order valence-electron chi connectivity index (χ3n) is 11.8. The van der Waals surface area contributed by atoms with Gasteiger partial charge in [0, 0.05) is 71.2 Å². The van der Waals surface area contributed by atoms with Gasteiger partial charge in [-0.25, -0.2) is 0 Å². The molecular weight excluding hydrogens is 584 g/mol. The van der Waals surface area contributed by atoms with Crippen LogP contribution in [-0.4, -0.2) is 64.2 Å². The molecule has 2 aromatic carbocycles. The lowest BCUT2D eigenvalue weighted by molar-refractivity contribution is -0.147. The van der Waals surface area contributed by atoms with Crippen molar-refractivity contribution >= 4 is 33.3 Å². The second-order valence-corrected chi connectivity index (χ2v) is 13.9. The van der Waals surface area contributed by atoms with Crippen molar-refractivity contribution in [3.63, 3.8) is 0 Å². The summed E-state index contributed by atoms with van der Waals surface area (Å²) in [6.45, 7) is 7.17. The van der Waals surface area contributed by atoms with E-state index < -0.39 is 0 Å². The fraction of sp³-hybridized carbons (Fsp3) is 0.425. The summed E-state index contributed by atoms with van der Waals surface area (Å²) in [4.78, 5) is 26.6. The lowest BCUT2D eigenvalue weighted by Gasteiger charge is -2.46. The molecule has 8 rings (SSSR count). The number of hydrogen-bond acceptors (Lipinski definition) is 5. The highest BCUT2D eigenvalue weighted by atomic mass is 16.5. The molecule has 0 aliphatic carbocycles. The van der Waals surface area contributed by atoms with Crippen LogP contribution in [-0.2, 0) is 16.0 Å². The van der Waals surface area contributed by atoms with Crippen LogP contribution in [0.4, 0.5) is 0 Å². The first kappa shape index (κ1) is 30.3. The van der Waals surface area contributed by atoms with Crippen molar-refractivity contribution in [1.29, 1.82) is 0 Å². The highest BCUT2D eigenvalue weighted by molar-refractivity contribution is 5.96. The number of aliphatic hydroxyl groups is 1. The molecule has 4 aromatic rings. The number of carbonyl (C=O) groups excluding carboxylic acids is 1. The number of piperidine rings is 2. The molecule has 0 bridgehead atoms. The second kappa shape index (κ2) is 12.2. The number of fused-ring (bicyclic) bond motifs is 10. The third kappa shape index (κ3) is 4.97. The Labute approximate surface area is 277 Å². The monoisotopic (exact) mass is 630 g/mol. The number of aromatic nitrogens is 2. The number of ether oxygens (including phenoxy) is 1. The summed E-state index contributed by atoms with van der Waals surface area (Å²) in [6.07, 6.45) is 11.1. The Balaban J connectivity index is 1.19. The van der Waals surface area contributed by atoms with Crippen molar-refractivity contribution in [2.45, 2.75) is 58.0 Å². The number of nitrogens with one attached hydrogen (secondary N) is 2. The summed E-state index contributed by atoms with van der Waals surface area (Å²) in [6, 6.07) is 17.7. The molecule has 0 spiro atoms. The van der Waals surface area contributed by atoms with Crippen molar-refractivity contribution in [2.24, 2.45) is 17.8 Å². The Morgan fingerprint density at radius 3 is 2.43 bits per heavy atom. The van der Waals surface area contributed by atoms with Gasteiger partial charge >= 0.3 is 5.97 Å². The van der Waals surface area contributed by atoms with Gasteiger partial charge in [0.1, 0.15) is 0 Å². The van der Waals surface area contributed by atoms with Gasteiger partial charge in [0.25, 0.3) is 0 Å². The summed E-state index contributed by atoms with van der Waals surface area (Å²) in [5.41, 5.74) is 11.5. The Morgan fingerprint density at radius 2 is 1.68 bits per heavy atom. The summed E-state index contributed by atoms with van der Waals surface area (Å²) in [7, 11) is 1.54. The summed E-state index contributed by atoms with van der Waals surface area (Å²) < 4.78 is 5.62. The Morgan fingerprint density at radius 1 is 0.957 bits per heavy atom. The molecule has 7 heteroatoms.